The molecule has 5 heteroatoms. The van der Waals surface area contributed by atoms with Gasteiger partial charge in [0.15, 0.2) is 5.75 Å². The first-order valence-corrected chi connectivity index (χ1v) is 8.30. The van der Waals surface area contributed by atoms with E-state index in [2.05, 4.69) is 18.7 Å². The van der Waals surface area contributed by atoms with Crippen LogP contribution in [-0.2, 0) is 13.2 Å². The van der Waals surface area contributed by atoms with E-state index >= 15 is 0 Å². The van der Waals surface area contributed by atoms with Gasteiger partial charge in [-0.25, -0.2) is 0 Å². The highest BCUT2D eigenvalue weighted by molar-refractivity contribution is 5.30. The summed E-state index contributed by atoms with van der Waals surface area (Å²) < 4.78 is 1.94. The van der Waals surface area contributed by atoms with Gasteiger partial charge in [-0.1, -0.05) is 13.3 Å². The Morgan fingerprint density at radius 3 is 2.73 bits per heavy atom. The zero-order chi connectivity index (χ0) is 16.3. The molecule has 0 radical (unpaired) electrons. The monoisotopic (exact) mass is 308 g/mol. The van der Waals surface area contributed by atoms with Crippen molar-refractivity contribution in [3.05, 3.63) is 27.7 Å². The first-order chi connectivity index (χ1) is 10.5. The minimum absolute atomic E-state index is 0.128. The number of hydrogen-bond donors (Lipinski definition) is 2. The number of hydrogen-bond acceptors (Lipinski definition) is 4. The van der Waals surface area contributed by atoms with Crippen LogP contribution >= 0.6 is 0 Å². The normalized spacial score (nSPS) is 21.0. The van der Waals surface area contributed by atoms with Crippen LogP contribution in [0.15, 0.2) is 10.9 Å². The highest BCUT2D eigenvalue weighted by Crippen LogP contribution is 2.26. The molecule has 0 saturated carbocycles. The van der Waals surface area contributed by atoms with Crippen LogP contribution in [0.4, 0.5) is 0 Å². The maximum absolute atomic E-state index is 12.0. The Bertz CT molecular complexity index is 568. The van der Waals surface area contributed by atoms with Crippen LogP contribution in [0, 0.1) is 0 Å². The highest BCUT2D eigenvalue weighted by atomic mass is 16.3. The lowest BCUT2D eigenvalue weighted by atomic mass is 10.0. The molecule has 2 heterocycles. The SMILES string of the molecule is CCC(C)n1c(CO)cc(=O)c(O)c1CN1CCCCC1C. The lowest BCUT2D eigenvalue weighted by Crippen LogP contribution is -2.38. The summed E-state index contributed by atoms with van der Waals surface area (Å²) in [4.78, 5) is 14.3. The Balaban J connectivity index is 2.47. The molecule has 1 aliphatic heterocycles. The van der Waals surface area contributed by atoms with Crippen LogP contribution in [0.1, 0.15) is 63.9 Å². The predicted molar refractivity (Wildman–Crippen MR) is 87.0 cm³/mol. The van der Waals surface area contributed by atoms with Crippen LogP contribution < -0.4 is 5.43 Å². The molecule has 2 atom stereocenters. The molecule has 1 aromatic rings. The Hall–Kier alpha value is -1.33. The summed E-state index contributed by atoms with van der Waals surface area (Å²) in [6, 6.07) is 1.93. The van der Waals surface area contributed by atoms with Crippen molar-refractivity contribution >= 4 is 0 Å². The Kier molecular flexibility index (Phi) is 5.64. The molecular formula is C17H28N2O3. The Labute approximate surface area is 132 Å². The lowest BCUT2D eigenvalue weighted by molar-refractivity contribution is 0.144. The summed E-state index contributed by atoms with van der Waals surface area (Å²) in [6.45, 7) is 7.65. The number of likely N-dealkylation sites (tertiary alicyclic amines) is 1. The van der Waals surface area contributed by atoms with Crippen LogP contribution in [0.2, 0.25) is 0 Å². The van der Waals surface area contributed by atoms with Crippen LogP contribution in [0.25, 0.3) is 0 Å². The summed E-state index contributed by atoms with van der Waals surface area (Å²) in [6.07, 6.45) is 4.41. The number of pyridine rings is 1. The van der Waals surface area contributed by atoms with E-state index in [9.17, 15) is 15.0 Å². The molecule has 0 aliphatic carbocycles. The fourth-order valence-corrected chi connectivity index (χ4v) is 3.31. The second kappa shape index (κ2) is 7.29. The molecule has 1 aromatic heterocycles. The van der Waals surface area contributed by atoms with Crippen LogP contribution in [-0.4, -0.2) is 32.3 Å². The molecule has 0 spiro atoms. The topological polar surface area (TPSA) is 65.7 Å². The first kappa shape index (κ1) is 17.0. The number of rotatable bonds is 5. The summed E-state index contributed by atoms with van der Waals surface area (Å²) >= 11 is 0. The van der Waals surface area contributed by atoms with E-state index in [1.165, 1.54) is 12.5 Å². The number of aromatic nitrogens is 1. The number of nitrogens with zero attached hydrogens (tertiary/aromatic N) is 2. The second-order valence-electron chi connectivity index (χ2n) is 6.40. The van der Waals surface area contributed by atoms with Crippen molar-refractivity contribution in [2.75, 3.05) is 6.54 Å². The zero-order valence-corrected chi connectivity index (χ0v) is 13.9. The summed E-state index contributed by atoms with van der Waals surface area (Å²) in [7, 11) is 0. The molecule has 0 aromatic carbocycles. The van der Waals surface area contributed by atoms with Gasteiger partial charge in [0.1, 0.15) is 0 Å². The smallest absolute Gasteiger partial charge is 0.223 e. The quantitative estimate of drug-likeness (QED) is 0.876. The van der Waals surface area contributed by atoms with Crippen LogP contribution in [0.5, 0.6) is 5.75 Å². The van der Waals surface area contributed by atoms with Gasteiger partial charge in [-0.3, -0.25) is 9.69 Å². The van der Waals surface area contributed by atoms with E-state index in [1.807, 2.05) is 11.5 Å². The van der Waals surface area contributed by atoms with E-state index in [4.69, 9.17) is 0 Å². The third-order valence-electron chi connectivity index (χ3n) is 4.89. The summed E-state index contributed by atoms with van der Waals surface area (Å²) in [5.74, 6) is -0.171. The Morgan fingerprint density at radius 2 is 2.14 bits per heavy atom. The van der Waals surface area contributed by atoms with Crippen molar-refractivity contribution in [2.45, 2.75) is 71.7 Å². The molecule has 1 saturated heterocycles. The van der Waals surface area contributed by atoms with Gasteiger partial charge in [-0.05, 0) is 39.7 Å². The minimum atomic E-state index is -0.400. The van der Waals surface area contributed by atoms with Crippen LogP contribution in [0.3, 0.4) is 0 Å². The van der Waals surface area contributed by atoms with E-state index in [-0.39, 0.29) is 18.4 Å². The van der Waals surface area contributed by atoms with E-state index in [0.717, 1.165) is 25.8 Å². The number of piperidine rings is 1. The third kappa shape index (κ3) is 3.36. The van der Waals surface area contributed by atoms with Gasteiger partial charge in [0.25, 0.3) is 0 Å². The second-order valence-corrected chi connectivity index (χ2v) is 6.40. The summed E-state index contributed by atoms with van der Waals surface area (Å²) in [5.41, 5.74) is 0.819. The minimum Gasteiger partial charge on any atom is -0.503 e. The van der Waals surface area contributed by atoms with E-state index in [0.29, 0.717) is 24.0 Å². The molecule has 5 nitrogen and oxygen atoms in total. The average Bonchev–Trinajstić information content (AvgIpc) is 2.52. The van der Waals surface area contributed by atoms with Gasteiger partial charge in [-0.2, -0.15) is 0 Å². The molecule has 1 fully saturated rings. The Morgan fingerprint density at radius 1 is 1.41 bits per heavy atom. The van der Waals surface area contributed by atoms with Crippen molar-refractivity contribution in [3.63, 3.8) is 0 Å². The molecule has 2 rings (SSSR count). The highest BCUT2D eigenvalue weighted by Gasteiger charge is 2.24. The standard InChI is InChI=1S/C17H28N2O3/c1-4-12(2)19-14(11-20)9-16(21)17(22)15(19)10-18-8-6-5-7-13(18)3/h9,12-13,20,22H,4-8,10-11H2,1-3H3. The largest absolute Gasteiger partial charge is 0.503 e. The molecule has 0 bridgehead atoms. The van der Waals surface area contributed by atoms with Gasteiger partial charge in [0, 0.05) is 30.4 Å². The number of aliphatic hydroxyl groups is 1. The molecule has 2 N–H and O–H groups in total. The number of aromatic hydroxyl groups is 1. The van der Waals surface area contributed by atoms with Crippen molar-refractivity contribution < 1.29 is 10.2 Å². The fraction of sp³-hybridized carbons (Fsp3) is 0.706. The maximum atomic E-state index is 12.0. The van der Waals surface area contributed by atoms with Gasteiger partial charge in [-0.15, -0.1) is 0 Å². The molecule has 2 unspecified atom stereocenters. The number of aliphatic hydroxyl groups excluding tert-OH is 1. The third-order valence-corrected chi connectivity index (χ3v) is 4.89. The van der Waals surface area contributed by atoms with Gasteiger partial charge in [0.2, 0.25) is 5.43 Å². The molecule has 124 valence electrons. The molecule has 0 amide bonds. The maximum Gasteiger partial charge on any atom is 0.223 e. The molecular weight excluding hydrogens is 280 g/mol. The fourth-order valence-electron chi connectivity index (χ4n) is 3.31. The summed E-state index contributed by atoms with van der Waals surface area (Å²) in [5, 5.41) is 19.9. The lowest BCUT2D eigenvalue weighted by Gasteiger charge is -2.35. The van der Waals surface area contributed by atoms with Gasteiger partial charge >= 0.3 is 0 Å². The first-order valence-electron chi connectivity index (χ1n) is 8.30. The van der Waals surface area contributed by atoms with Crippen molar-refractivity contribution in [1.29, 1.82) is 0 Å². The van der Waals surface area contributed by atoms with Gasteiger partial charge in [0.05, 0.1) is 12.3 Å². The van der Waals surface area contributed by atoms with E-state index in [1.54, 1.807) is 0 Å². The molecule has 1 aliphatic rings. The van der Waals surface area contributed by atoms with Gasteiger partial charge < -0.3 is 14.8 Å². The van der Waals surface area contributed by atoms with Crippen molar-refractivity contribution in [1.82, 2.24) is 9.47 Å². The zero-order valence-electron chi connectivity index (χ0n) is 13.9. The van der Waals surface area contributed by atoms with E-state index < -0.39 is 5.43 Å². The van der Waals surface area contributed by atoms with Crippen molar-refractivity contribution in [2.24, 2.45) is 0 Å². The predicted octanol–water partition coefficient (Wildman–Crippen LogP) is 2.39. The molecule has 22 heavy (non-hydrogen) atoms. The average molecular weight is 308 g/mol. The van der Waals surface area contributed by atoms with Crippen molar-refractivity contribution in [3.8, 4) is 5.75 Å².